The van der Waals surface area contributed by atoms with E-state index in [0.29, 0.717) is 11.3 Å². The lowest BCUT2D eigenvalue weighted by Gasteiger charge is -2.04. The number of Topliss-reactive ketones (excluding diaryl/α,β-unsaturated/α-hetero) is 1. The molecule has 1 heterocycles. The molecule has 0 amide bonds. The largest absolute Gasteiger partial charge is 0.294 e. The Labute approximate surface area is 124 Å². The minimum Gasteiger partial charge on any atom is -0.294 e. The smallest absolute Gasteiger partial charge is 0.175 e. The van der Waals surface area contributed by atoms with Crippen molar-refractivity contribution in [3.8, 4) is 0 Å². The number of aromatic nitrogens is 2. The zero-order valence-corrected chi connectivity index (χ0v) is 13.1. The van der Waals surface area contributed by atoms with Gasteiger partial charge < -0.3 is 0 Å². The molecule has 0 saturated carbocycles. The number of carbonyl (C=O) groups is 1. The molecule has 0 atom stereocenters. The van der Waals surface area contributed by atoms with Crippen molar-refractivity contribution in [3.63, 3.8) is 0 Å². The van der Waals surface area contributed by atoms with Crippen molar-refractivity contribution in [2.24, 2.45) is 0 Å². The molecule has 0 radical (unpaired) electrons. The van der Waals surface area contributed by atoms with E-state index in [2.05, 4.69) is 5.10 Å². The van der Waals surface area contributed by atoms with Crippen LogP contribution >= 0.6 is 0 Å². The maximum Gasteiger partial charge on any atom is 0.175 e. The molecule has 0 aliphatic heterocycles. The fraction of sp³-hybridized carbons (Fsp3) is 0.333. The number of carbonyl (C=O) groups excluding carboxylic acids is 1. The van der Waals surface area contributed by atoms with Gasteiger partial charge in [0.25, 0.3) is 0 Å². The first-order valence-corrected chi connectivity index (χ1v) is 8.54. The number of hydrogen-bond donors (Lipinski definition) is 0. The number of nitrogens with zero attached hydrogens (tertiary/aromatic N) is 2. The molecular weight excluding hydrogens is 288 g/mol. The number of sulfone groups is 1. The van der Waals surface area contributed by atoms with Crippen LogP contribution in [-0.2, 0) is 16.3 Å². The summed E-state index contributed by atoms with van der Waals surface area (Å²) in [6.45, 7) is 4.02. The Kier molecular flexibility index (Phi) is 4.27. The van der Waals surface area contributed by atoms with Crippen molar-refractivity contribution in [1.29, 1.82) is 0 Å². The van der Waals surface area contributed by atoms with Crippen LogP contribution in [0.5, 0.6) is 0 Å². The summed E-state index contributed by atoms with van der Waals surface area (Å²) in [5.41, 5.74) is 1.07. The van der Waals surface area contributed by atoms with Gasteiger partial charge in [-0.15, -0.1) is 0 Å². The van der Waals surface area contributed by atoms with Gasteiger partial charge >= 0.3 is 0 Å². The molecule has 1 aromatic heterocycles. The average molecular weight is 306 g/mol. The van der Waals surface area contributed by atoms with E-state index < -0.39 is 9.84 Å². The minimum atomic E-state index is -3.31. The lowest BCUT2D eigenvalue weighted by atomic mass is 10.1. The Balaban J connectivity index is 2.20. The first kappa shape index (κ1) is 15.4. The summed E-state index contributed by atoms with van der Waals surface area (Å²) in [7, 11) is -3.31. The molecule has 1 aromatic carbocycles. The van der Waals surface area contributed by atoms with Gasteiger partial charge in [0.15, 0.2) is 15.6 Å². The average Bonchev–Trinajstić information content (AvgIpc) is 2.86. The molecule has 0 N–H and O–H groups in total. The predicted molar refractivity (Wildman–Crippen MR) is 80.2 cm³/mol. The highest BCUT2D eigenvalue weighted by molar-refractivity contribution is 7.90. The van der Waals surface area contributed by atoms with E-state index in [1.54, 1.807) is 22.9 Å². The summed E-state index contributed by atoms with van der Waals surface area (Å²) >= 11 is 0. The minimum absolute atomic E-state index is 0.144. The number of rotatable bonds is 5. The Morgan fingerprint density at radius 2 is 2.00 bits per heavy atom. The van der Waals surface area contributed by atoms with Gasteiger partial charge in [-0.05, 0) is 32.0 Å². The molecule has 0 bridgehead atoms. The summed E-state index contributed by atoms with van der Waals surface area (Å²) < 4.78 is 24.8. The van der Waals surface area contributed by atoms with Gasteiger partial charge in [0.2, 0.25) is 0 Å². The third kappa shape index (κ3) is 3.78. The number of ketones is 1. The maximum atomic E-state index is 12.2. The molecular formula is C15H18N2O3S. The molecule has 0 aliphatic carbocycles. The van der Waals surface area contributed by atoms with Crippen LogP contribution < -0.4 is 0 Å². The SMILES string of the molecule is CC(C)n1ccc(CC(=O)c2cccc(S(C)(=O)=O)c2)n1. The van der Waals surface area contributed by atoms with E-state index in [1.807, 2.05) is 20.0 Å². The fourth-order valence-electron chi connectivity index (χ4n) is 1.93. The number of benzene rings is 1. The van der Waals surface area contributed by atoms with E-state index in [9.17, 15) is 13.2 Å². The van der Waals surface area contributed by atoms with Crippen molar-refractivity contribution in [1.82, 2.24) is 9.78 Å². The maximum absolute atomic E-state index is 12.2. The van der Waals surface area contributed by atoms with E-state index in [-0.39, 0.29) is 23.1 Å². The molecule has 6 heteroatoms. The molecule has 5 nitrogen and oxygen atoms in total. The highest BCUT2D eigenvalue weighted by Crippen LogP contribution is 2.14. The second-order valence-corrected chi connectivity index (χ2v) is 7.30. The second kappa shape index (κ2) is 5.81. The van der Waals surface area contributed by atoms with Gasteiger partial charge in [-0.2, -0.15) is 5.10 Å². The lowest BCUT2D eigenvalue weighted by Crippen LogP contribution is -2.07. The molecule has 21 heavy (non-hydrogen) atoms. The molecule has 0 aliphatic rings. The molecule has 2 aromatic rings. The Bertz CT molecular complexity index is 761. The third-order valence-electron chi connectivity index (χ3n) is 3.12. The normalized spacial score (nSPS) is 11.8. The Morgan fingerprint density at radius 3 is 2.57 bits per heavy atom. The van der Waals surface area contributed by atoms with Crippen molar-refractivity contribution < 1.29 is 13.2 Å². The highest BCUT2D eigenvalue weighted by atomic mass is 32.2. The number of hydrogen-bond acceptors (Lipinski definition) is 4. The fourth-order valence-corrected chi connectivity index (χ4v) is 2.59. The first-order valence-electron chi connectivity index (χ1n) is 6.65. The Hall–Kier alpha value is -1.95. The van der Waals surface area contributed by atoms with Crippen LogP contribution in [0.2, 0.25) is 0 Å². The molecule has 0 saturated heterocycles. The lowest BCUT2D eigenvalue weighted by molar-refractivity contribution is 0.0991. The van der Waals surface area contributed by atoms with Crippen LogP contribution in [0.1, 0.15) is 35.9 Å². The molecule has 0 fully saturated rings. The zero-order chi connectivity index (χ0) is 15.6. The van der Waals surface area contributed by atoms with Gasteiger partial charge in [0.05, 0.1) is 17.0 Å². The molecule has 112 valence electrons. The van der Waals surface area contributed by atoms with Crippen LogP contribution in [0.25, 0.3) is 0 Å². The standard InChI is InChI=1S/C15H18N2O3S/c1-11(2)17-8-7-13(16-17)10-15(18)12-5-4-6-14(9-12)21(3,19)20/h4-9,11H,10H2,1-3H3. The predicted octanol–water partition coefficient (Wildman–Crippen LogP) is 2.29. The van der Waals surface area contributed by atoms with Crippen molar-refractivity contribution in [2.45, 2.75) is 31.2 Å². The summed E-state index contributed by atoms with van der Waals surface area (Å²) in [5.74, 6) is -0.144. The van der Waals surface area contributed by atoms with E-state index in [1.165, 1.54) is 12.1 Å². The van der Waals surface area contributed by atoms with Crippen molar-refractivity contribution in [2.75, 3.05) is 6.26 Å². The van der Waals surface area contributed by atoms with Crippen molar-refractivity contribution >= 4 is 15.6 Å². The Morgan fingerprint density at radius 1 is 1.29 bits per heavy atom. The second-order valence-electron chi connectivity index (χ2n) is 5.28. The van der Waals surface area contributed by atoms with Gasteiger partial charge in [0.1, 0.15) is 0 Å². The monoisotopic (exact) mass is 306 g/mol. The molecule has 2 rings (SSSR count). The zero-order valence-electron chi connectivity index (χ0n) is 12.3. The topological polar surface area (TPSA) is 69.0 Å². The van der Waals surface area contributed by atoms with E-state index >= 15 is 0 Å². The van der Waals surface area contributed by atoms with Crippen LogP contribution in [0.15, 0.2) is 41.4 Å². The molecule has 0 spiro atoms. The quantitative estimate of drug-likeness (QED) is 0.795. The summed E-state index contributed by atoms with van der Waals surface area (Å²) in [6, 6.07) is 8.14. The van der Waals surface area contributed by atoms with Crippen LogP contribution in [-0.4, -0.2) is 30.2 Å². The van der Waals surface area contributed by atoms with Crippen LogP contribution in [0, 0.1) is 0 Å². The van der Waals surface area contributed by atoms with Gasteiger partial charge in [0, 0.05) is 24.1 Å². The van der Waals surface area contributed by atoms with E-state index in [4.69, 9.17) is 0 Å². The van der Waals surface area contributed by atoms with Gasteiger partial charge in [-0.3, -0.25) is 9.48 Å². The summed E-state index contributed by atoms with van der Waals surface area (Å²) in [5, 5.41) is 4.32. The van der Waals surface area contributed by atoms with Crippen LogP contribution in [0.3, 0.4) is 0 Å². The summed E-state index contributed by atoms with van der Waals surface area (Å²) in [4.78, 5) is 12.4. The summed E-state index contributed by atoms with van der Waals surface area (Å²) in [6.07, 6.45) is 3.12. The highest BCUT2D eigenvalue weighted by Gasteiger charge is 2.13. The van der Waals surface area contributed by atoms with E-state index in [0.717, 1.165) is 6.26 Å². The van der Waals surface area contributed by atoms with Gasteiger partial charge in [-0.25, -0.2) is 8.42 Å². The molecule has 0 unspecified atom stereocenters. The first-order chi connectivity index (χ1) is 9.77. The van der Waals surface area contributed by atoms with Crippen LogP contribution in [0.4, 0.5) is 0 Å². The van der Waals surface area contributed by atoms with Crippen molar-refractivity contribution in [3.05, 3.63) is 47.8 Å². The van der Waals surface area contributed by atoms with Gasteiger partial charge in [-0.1, -0.05) is 12.1 Å². The third-order valence-corrected chi connectivity index (χ3v) is 4.23.